The standard InChI is InChI=1S/C21H22O7/c1-23-16-5-11(3-4-15(16)22)19-13-8-26-20(14(13)9-25-19)12-6-17(24-2)21-18(7-12)27-10-28-21/h3-7,13-14,19-20,22H,8-10H2,1-2H3. The Kier molecular flexibility index (Phi) is 4.21. The summed E-state index contributed by atoms with van der Waals surface area (Å²) in [5, 5.41) is 9.86. The third-order valence-electron chi connectivity index (χ3n) is 5.81. The maximum absolute atomic E-state index is 9.86. The fourth-order valence-electron chi connectivity index (χ4n) is 4.42. The van der Waals surface area contributed by atoms with Crippen LogP contribution in [0.5, 0.6) is 28.7 Å². The monoisotopic (exact) mass is 386 g/mol. The van der Waals surface area contributed by atoms with Crippen LogP contribution in [-0.2, 0) is 9.47 Å². The van der Waals surface area contributed by atoms with E-state index >= 15 is 0 Å². The van der Waals surface area contributed by atoms with Crippen LogP contribution in [0.15, 0.2) is 30.3 Å². The molecule has 2 saturated heterocycles. The van der Waals surface area contributed by atoms with Gasteiger partial charge in [-0.1, -0.05) is 6.07 Å². The second kappa shape index (κ2) is 6.76. The molecule has 0 aliphatic carbocycles. The number of methoxy groups -OCH3 is 2. The molecule has 28 heavy (non-hydrogen) atoms. The topological polar surface area (TPSA) is 75.6 Å². The number of aromatic hydroxyl groups is 1. The number of phenols is 1. The van der Waals surface area contributed by atoms with Gasteiger partial charge in [-0.05, 0) is 35.4 Å². The highest BCUT2D eigenvalue weighted by atomic mass is 16.7. The maximum atomic E-state index is 9.86. The van der Waals surface area contributed by atoms with Gasteiger partial charge >= 0.3 is 0 Å². The zero-order valence-electron chi connectivity index (χ0n) is 15.7. The molecule has 7 heteroatoms. The Morgan fingerprint density at radius 1 is 0.857 bits per heavy atom. The normalized spacial score (nSPS) is 27.6. The van der Waals surface area contributed by atoms with E-state index in [1.54, 1.807) is 20.3 Å². The van der Waals surface area contributed by atoms with Crippen molar-refractivity contribution in [2.75, 3.05) is 34.2 Å². The summed E-state index contributed by atoms with van der Waals surface area (Å²) in [4.78, 5) is 0. The van der Waals surface area contributed by atoms with Crippen LogP contribution in [0.1, 0.15) is 23.3 Å². The fraction of sp³-hybridized carbons (Fsp3) is 0.429. The van der Waals surface area contributed by atoms with Crippen LogP contribution in [-0.4, -0.2) is 39.3 Å². The summed E-state index contributed by atoms with van der Waals surface area (Å²) in [5.74, 6) is 2.97. The number of rotatable bonds is 4. The van der Waals surface area contributed by atoms with Crippen LogP contribution >= 0.6 is 0 Å². The van der Waals surface area contributed by atoms with E-state index in [1.165, 1.54) is 0 Å². The molecule has 0 spiro atoms. The Morgan fingerprint density at radius 3 is 2.25 bits per heavy atom. The predicted octanol–water partition coefficient (Wildman–Crippen LogP) is 3.21. The molecule has 3 aliphatic heterocycles. The van der Waals surface area contributed by atoms with Crippen molar-refractivity contribution in [2.24, 2.45) is 11.8 Å². The van der Waals surface area contributed by atoms with E-state index in [1.807, 2.05) is 24.3 Å². The molecular formula is C21H22O7. The Balaban J connectivity index is 1.42. The molecule has 3 aliphatic rings. The second-order valence-corrected chi connectivity index (χ2v) is 7.22. The van der Waals surface area contributed by atoms with Gasteiger partial charge in [-0.15, -0.1) is 0 Å². The molecule has 0 aromatic heterocycles. The summed E-state index contributed by atoms with van der Waals surface area (Å²) < 4.78 is 34.1. The van der Waals surface area contributed by atoms with Gasteiger partial charge in [0.15, 0.2) is 23.0 Å². The highest BCUT2D eigenvalue weighted by Gasteiger charge is 2.48. The van der Waals surface area contributed by atoms with E-state index in [4.69, 9.17) is 28.4 Å². The SMILES string of the molecule is COc1cc(C2OCC3C(c4cc(OC)c5c(c4)OCO5)OCC23)ccc1O. The Bertz CT molecular complexity index is 897. The number of hydrogen-bond acceptors (Lipinski definition) is 7. The molecule has 2 aromatic rings. The number of ether oxygens (including phenoxy) is 6. The second-order valence-electron chi connectivity index (χ2n) is 7.22. The molecule has 0 amide bonds. The summed E-state index contributed by atoms with van der Waals surface area (Å²) in [6.07, 6.45) is -0.196. The molecule has 4 unspecified atom stereocenters. The van der Waals surface area contributed by atoms with Crippen molar-refractivity contribution in [1.82, 2.24) is 0 Å². The van der Waals surface area contributed by atoms with Gasteiger partial charge in [0.05, 0.1) is 39.6 Å². The van der Waals surface area contributed by atoms with Crippen LogP contribution in [0.25, 0.3) is 0 Å². The summed E-state index contributed by atoms with van der Waals surface area (Å²) >= 11 is 0. The number of phenolic OH excluding ortho intramolecular Hbond substituents is 1. The first kappa shape index (κ1) is 17.5. The largest absolute Gasteiger partial charge is 0.504 e. The molecule has 0 saturated carbocycles. The minimum Gasteiger partial charge on any atom is -0.504 e. The van der Waals surface area contributed by atoms with E-state index in [9.17, 15) is 5.11 Å². The lowest BCUT2D eigenvalue weighted by atomic mass is 9.85. The van der Waals surface area contributed by atoms with Crippen LogP contribution in [0.4, 0.5) is 0 Å². The zero-order chi connectivity index (χ0) is 19.3. The molecule has 2 aromatic carbocycles. The van der Waals surface area contributed by atoms with Gasteiger partial charge in [-0.3, -0.25) is 0 Å². The van der Waals surface area contributed by atoms with E-state index < -0.39 is 0 Å². The van der Waals surface area contributed by atoms with Gasteiger partial charge in [0, 0.05) is 11.8 Å². The highest BCUT2D eigenvalue weighted by molar-refractivity contribution is 5.55. The van der Waals surface area contributed by atoms with Crippen molar-refractivity contribution >= 4 is 0 Å². The molecular weight excluding hydrogens is 364 g/mol. The minimum absolute atomic E-state index is 0.0968. The lowest BCUT2D eigenvalue weighted by Crippen LogP contribution is -2.14. The molecule has 2 fully saturated rings. The van der Waals surface area contributed by atoms with Crippen LogP contribution in [0.2, 0.25) is 0 Å². The maximum Gasteiger partial charge on any atom is 0.231 e. The predicted molar refractivity (Wildman–Crippen MR) is 98.1 cm³/mol. The zero-order valence-corrected chi connectivity index (χ0v) is 15.7. The molecule has 1 N–H and O–H groups in total. The molecule has 7 nitrogen and oxygen atoms in total. The average Bonchev–Trinajstić information content (AvgIpc) is 3.43. The van der Waals surface area contributed by atoms with Crippen molar-refractivity contribution in [2.45, 2.75) is 12.2 Å². The van der Waals surface area contributed by atoms with Crippen molar-refractivity contribution in [3.05, 3.63) is 41.5 Å². The van der Waals surface area contributed by atoms with Crippen LogP contribution in [0.3, 0.4) is 0 Å². The van der Waals surface area contributed by atoms with Crippen molar-refractivity contribution in [3.63, 3.8) is 0 Å². The van der Waals surface area contributed by atoms with Gasteiger partial charge in [0.2, 0.25) is 12.5 Å². The van der Waals surface area contributed by atoms with Crippen LogP contribution in [0, 0.1) is 11.8 Å². The molecule has 0 radical (unpaired) electrons. The Hall–Kier alpha value is -2.64. The first-order chi connectivity index (χ1) is 13.7. The summed E-state index contributed by atoms with van der Waals surface area (Å²) in [6, 6.07) is 9.27. The van der Waals surface area contributed by atoms with E-state index in [-0.39, 0.29) is 36.6 Å². The quantitative estimate of drug-likeness (QED) is 0.865. The number of hydrogen-bond donors (Lipinski definition) is 1. The average molecular weight is 386 g/mol. The van der Waals surface area contributed by atoms with Gasteiger partial charge in [-0.2, -0.15) is 0 Å². The number of fused-ring (bicyclic) bond motifs is 2. The van der Waals surface area contributed by atoms with Gasteiger partial charge < -0.3 is 33.5 Å². The fourth-order valence-corrected chi connectivity index (χ4v) is 4.42. The molecule has 0 bridgehead atoms. The molecule has 4 atom stereocenters. The minimum atomic E-state index is -0.0996. The molecule has 3 heterocycles. The summed E-state index contributed by atoms with van der Waals surface area (Å²) in [5.41, 5.74) is 1.98. The molecule has 5 rings (SSSR count). The summed E-state index contributed by atoms with van der Waals surface area (Å²) in [7, 11) is 3.16. The van der Waals surface area contributed by atoms with Gasteiger partial charge in [-0.25, -0.2) is 0 Å². The first-order valence-corrected chi connectivity index (χ1v) is 9.27. The summed E-state index contributed by atoms with van der Waals surface area (Å²) in [6.45, 7) is 1.39. The molecule has 148 valence electrons. The third kappa shape index (κ3) is 2.65. The van der Waals surface area contributed by atoms with E-state index in [2.05, 4.69) is 0 Å². The Morgan fingerprint density at radius 2 is 1.54 bits per heavy atom. The lowest BCUT2D eigenvalue weighted by molar-refractivity contribution is 0.0191. The smallest absolute Gasteiger partial charge is 0.231 e. The highest BCUT2D eigenvalue weighted by Crippen LogP contribution is 2.53. The van der Waals surface area contributed by atoms with Crippen molar-refractivity contribution in [1.29, 1.82) is 0 Å². The van der Waals surface area contributed by atoms with Gasteiger partial charge in [0.25, 0.3) is 0 Å². The van der Waals surface area contributed by atoms with Gasteiger partial charge in [0.1, 0.15) is 0 Å². The van der Waals surface area contributed by atoms with Crippen molar-refractivity contribution < 1.29 is 33.5 Å². The van der Waals surface area contributed by atoms with Crippen molar-refractivity contribution in [3.8, 4) is 28.7 Å². The van der Waals surface area contributed by atoms with E-state index in [0.717, 1.165) is 11.1 Å². The lowest BCUT2D eigenvalue weighted by Gasteiger charge is -2.18. The number of benzene rings is 2. The first-order valence-electron chi connectivity index (χ1n) is 9.27. The Labute approximate surface area is 162 Å². The van der Waals surface area contributed by atoms with E-state index in [0.29, 0.717) is 36.2 Å². The third-order valence-corrected chi connectivity index (χ3v) is 5.81. The van der Waals surface area contributed by atoms with Crippen LogP contribution < -0.4 is 18.9 Å².